The maximum absolute atomic E-state index is 12.2. The molecule has 0 heterocycles. The number of rotatable bonds is 6. The van der Waals surface area contributed by atoms with E-state index in [4.69, 9.17) is 14.2 Å². The van der Waals surface area contributed by atoms with E-state index in [1.165, 1.54) is 21.3 Å². The van der Waals surface area contributed by atoms with Crippen molar-refractivity contribution in [1.82, 2.24) is 5.32 Å². The van der Waals surface area contributed by atoms with E-state index in [-0.39, 0.29) is 0 Å². The van der Waals surface area contributed by atoms with Crippen LogP contribution in [0.1, 0.15) is 24.9 Å². The van der Waals surface area contributed by atoms with Crippen molar-refractivity contribution in [2.75, 3.05) is 21.3 Å². The lowest BCUT2D eigenvalue weighted by Gasteiger charge is -2.19. The molecule has 1 rings (SSSR count). The van der Waals surface area contributed by atoms with Crippen LogP contribution in [-0.4, -0.2) is 33.4 Å². The maximum atomic E-state index is 12.2. The summed E-state index contributed by atoms with van der Waals surface area (Å²) in [5, 5.41) is 2.28. The van der Waals surface area contributed by atoms with Crippen molar-refractivity contribution in [3.63, 3.8) is 0 Å². The van der Waals surface area contributed by atoms with Gasteiger partial charge in [0.25, 0.3) is 0 Å². The summed E-state index contributed by atoms with van der Waals surface area (Å²) in [6.45, 7) is 1.56. The second kappa shape index (κ2) is 7.24. The predicted molar refractivity (Wildman–Crippen MR) is 73.3 cm³/mol. The minimum absolute atomic E-state index is 0.355. The lowest BCUT2D eigenvalue weighted by Crippen LogP contribution is -2.30. The van der Waals surface area contributed by atoms with Crippen LogP contribution in [0, 0.1) is 0 Å². The quantitative estimate of drug-likeness (QED) is 0.875. The van der Waals surface area contributed by atoms with Crippen LogP contribution in [0.5, 0.6) is 17.2 Å². The Kier molecular flexibility index (Phi) is 5.90. The Morgan fingerprint density at radius 2 is 1.64 bits per heavy atom. The van der Waals surface area contributed by atoms with Crippen LogP contribution in [0.25, 0.3) is 0 Å². The molecule has 1 N–H and O–H groups in total. The molecule has 5 nitrogen and oxygen atoms in total. The zero-order chi connectivity index (χ0) is 16.9. The Morgan fingerprint density at radius 3 is 2.00 bits per heavy atom. The molecule has 0 unspecified atom stereocenters. The van der Waals surface area contributed by atoms with Crippen LogP contribution in [0.4, 0.5) is 13.2 Å². The van der Waals surface area contributed by atoms with Gasteiger partial charge in [-0.1, -0.05) is 0 Å². The topological polar surface area (TPSA) is 56.8 Å². The number of ether oxygens (including phenoxy) is 3. The summed E-state index contributed by atoms with van der Waals surface area (Å²) in [7, 11) is 4.29. The van der Waals surface area contributed by atoms with Gasteiger partial charge in [-0.15, -0.1) is 0 Å². The van der Waals surface area contributed by atoms with Gasteiger partial charge < -0.3 is 19.5 Å². The molecule has 0 aliphatic heterocycles. The number of alkyl halides is 3. The van der Waals surface area contributed by atoms with E-state index in [0.717, 1.165) is 0 Å². The van der Waals surface area contributed by atoms with Gasteiger partial charge in [0.1, 0.15) is 6.42 Å². The molecule has 0 saturated heterocycles. The monoisotopic (exact) mass is 321 g/mol. The van der Waals surface area contributed by atoms with Gasteiger partial charge in [0.2, 0.25) is 11.7 Å². The highest BCUT2D eigenvalue weighted by Gasteiger charge is 2.31. The summed E-state index contributed by atoms with van der Waals surface area (Å²) >= 11 is 0. The highest BCUT2D eigenvalue weighted by molar-refractivity contribution is 5.77. The van der Waals surface area contributed by atoms with Gasteiger partial charge in [0.15, 0.2) is 11.5 Å². The minimum Gasteiger partial charge on any atom is -0.493 e. The second-order valence-electron chi connectivity index (χ2n) is 4.54. The first kappa shape index (κ1) is 17.9. The van der Waals surface area contributed by atoms with Crippen LogP contribution in [0.3, 0.4) is 0 Å². The summed E-state index contributed by atoms with van der Waals surface area (Å²) < 4.78 is 52.0. The summed E-state index contributed by atoms with van der Waals surface area (Å²) in [5.74, 6) is -0.0288. The molecule has 0 radical (unpaired) electrons. The maximum Gasteiger partial charge on any atom is 0.397 e. The summed E-state index contributed by atoms with van der Waals surface area (Å²) in [6, 6.07) is 2.49. The first-order valence-electron chi connectivity index (χ1n) is 6.37. The van der Waals surface area contributed by atoms with Crippen molar-refractivity contribution >= 4 is 5.91 Å². The van der Waals surface area contributed by atoms with E-state index in [2.05, 4.69) is 5.32 Å². The highest BCUT2D eigenvalue weighted by atomic mass is 19.4. The van der Waals surface area contributed by atoms with Gasteiger partial charge in [0.05, 0.1) is 27.4 Å². The van der Waals surface area contributed by atoms with Crippen LogP contribution >= 0.6 is 0 Å². The van der Waals surface area contributed by atoms with Crippen LogP contribution in [-0.2, 0) is 4.79 Å². The first-order chi connectivity index (χ1) is 10.2. The van der Waals surface area contributed by atoms with Crippen LogP contribution in [0.2, 0.25) is 0 Å². The van der Waals surface area contributed by atoms with Gasteiger partial charge in [-0.3, -0.25) is 4.79 Å². The molecule has 8 heteroatoms. The SMILES string of the molecule is COc1cc([C@@H](C)NC(=O)CC(F)(F)F)cc(OC)c1OC. The van der Waals surface area contributed by atoms with E-state index in [1.54, 1.807) is 19.1 Å². The third-order valence-corrected chi connectivity index (χ3v) is 2.93. The molecule has 0 fully saturated rings. The number of benzene rings is 1. The van der Waals surface area contributed by atoms with Gasteiger partial charge in [-0.2, -0.15) is 13.2 Å². The van der Waals surface area contributed by atoms with E-state index < -0.39 is 24.5 Å². The molecule has 0 saturated carbocycles. The second-order valence-corrected chi connectivity index (χ2v) is 4.54. The zero-order valence-electron chi connectivity index (χ0n) is 12.7. The normalized spacial score (nSPS) is 12.5. The molecule has 22 heavy (non-hydrogen) atoms. The standard InChI is InChI=1S/C14H18F3NO4/c1-8(18-12(19)7-14(15,16)17)9-5-10(20-2)13(22-4)11(6-9)21-3/h5-6,8H,7H2,1-4H3,(H,18,19)/t8-/m1/s1. The number of nitrogens with one attached hydrogen (secondary N) is 1. The van der Waals surface area contributed by atoms with Crippen molar-refractivity contribution in [3.8, 4) is 17.2 Å². The van der Waals surface area contributed by atoms with Gasteiger partial charge in [0, 0.05) is 0 Å². The molecule has 124 valence electrons. The molecule has 0 aliphatic rings. The third-order valence-electron chi connectivity index (χ3n) is 2.93. The molecule has 0 spiro atoms. The number of hydrogen-bond acceptors (Lipinski definition) is 4. The van der Waals surface area contributed by atoms with E-state index in [0.29, 0.717) is 22.8 Å². The Hall–Kier alpha value is -2.12. The fraction of sp³-hybridized carbons (Fsp3) is 0.500. The summed E-state index contributed by atoms with van der Waals surface area (Å²) in [6.07, 6.45) is -6.07. The number of amides is 1. The Balaban J connectivity index is 2.98. The fourth-order valence-corrected chi connectivity index (χ4v) is 1.91. The Bertz CT molecular complexity index is 506. The average molecular weight is 321 g/mol. The van der Waals surface area contributed by atoms with Crippen molar-refractivity contribution in [2.24, 2.45) is 0 Å². The Labute approximate surface area is 126 Å². The van der Waals surface area contributed by atoms with Crippen LogP contribution < -0.4 is 19.5 Å². The summed E-state index contributed by atoms with van der Waals surface area (Å²) in [5.41, 5.74) is 0.532. The van der Waals surface area contributed by atoms with Crippen molar-refractivity contribution < 1.29 is 32.2 Å². The minimum atomic E-state index is -4.54. The molecular weight excluding hydrogens is 303 g/mol. The van der Waals surface area contributed by atoms with Crippen LogP contribution in [0.15, 0.2) is 12.1 Å². The van der Waals surface area contributed by atoms with Crippen molar-refractivity contribution in [3.05, 3.63) is 17.7 Å². The smallest absolute Gasteiger partial charge is 0.397 e. The molecule has 1 aromatic carbocycles. The molecule has 0 aliphatic carbocycles. The van der Waals surface area contributed by atoms with Crippen molar-refractivity contribution in [1.29, 1.82) is 0 Å². The first-order valence-corrected chi connectivity index (χ1v) is 6.37. The zero-order valence-corrected chi connectivity index (χ0v) is 12.7. The molecule has 1 atom stereocenters. The fourth-order valence-electron chi connectivity index (χ4n) is 1.91. The molecule has 0 bridgehead atoms. The number of carbonyl (C=O) groups excluding carboxylic acids is 1. The van der Waals surface area contributed by atoms with Gasteiger partial charge >= 0.3 is 6.18 Å². The predicted octanol–water partition coefficient (Wildman–Crippen LogP) is 2.84. The molecule has 1 aromatic rings. The number of carbonyl (C=O) groups is 1. The largest absolute Gasteiger partial charge is 0.493 e. The lowest BCUT2D eigenvalue weighted by molar-refractivity contribution is -0.154. The number of hydrogen-bond donors (Lipinski definition) is 1. The van der Waals surface area contributed by atoms with Gasteiger partial charge in [-0.05, 0) is 24.6 Å². The lowest BCUT2D eigenvalue weighted by atomic mass is 10.1. The molecular formula is C14H18F3NO4. The number of halogens is 3. The molecule has 0 aromatic heterocycles. The highest BCUT2D eigenvalue weighted by Crippen LogP contribution is 2.39. The van der Waals surface area contributed by atoms with Gasteiger partial charge in [-0.25, -0.2) is 0 Å². The van der Waals surface area contributed by atoms with E-state index in [9.17, 15) is 18.0 Å². The summed E-state index contributed by atoms with van der Waals surface area (Å²) in [4.78, 5) is 11.4. The van der Waals surface area contributed by atoms with E-state index >= 15 is 0 Å². The average Bonchev–Trinajstić information content (AvgIpc) is 2.43. The number of methoxy groups -OCH3 is 3. The Morgan fingerprint density at radius 1 is 1.14 bits per heavy atom. The molecule has 1 amide bonds. The van der Waals surface area contributed by atoms with E-state index in [1.807, 2.05) is 0 Å². The third kappa shape index (κ3) is 4.71. The van der Waals surface area contributed by atoms with Crippen molar-refractivity contribution in [2.45, 2.75) is 25.6 Å².